The van der Waals surface area contributed by atoms with E-state index in [9.17, 15) is 9.59 Å². The fourth-order valence-corrected chi connectivity index (χ4v) is 3.58. The lowest BCUT2D eigenvalue weighted by molar-refractivity contribution is 0.0985. The van der Waals surface area contributed by atoms with Crippen LogP contribution in [0.3, 0.4) is 0 Å². The number of aryl methyl sites for hydroxylation is 1. The second-order valence-corrected chi connectivity index (χ2v) is 7.45. The highest BCUT2D eigenvalue weighted by atomic mass is 35.5. The number of carbonyl (C=O) groups is 2. The van der Waals surface area contributed by atoms with Crippen LogP contribution in [0.2, 0.25) is 5.02 Å². The monoisotopic (exact) mass is 383 g/mol. The molecular formula is C21H18ClNO2S. The molecule has 1 N–H and O–H groups in total. The van der Waals surface area contributed by atoms with Crippen molar-refractivity contribution in [1.29, 1.82) is 0 Å². The number of Topliss-reactive ketones (excluding diaryl/α,β-unsaturated/α-hetero) is 1. The highest BCUT2D eigenvalue weighted by Crippen LogP contribution is 2.30. The molecule has 5 heteroatoms. The molecule has 3 aromatic rings. The fraction of sp³-hybridized carbons (Fsp3) is 0.143. The zero-order chi connectivity index (χ0) is 18.7. The van der Waals surface area contributed by atoms with Crippen LogP contribution in [0.5, 0.6) is 0 Å². The number of thiophene rings is 1. The standard InChI is InChI=1S/C21H18ClNO2S/c1-3-18(24)15-5-4-13(2)17(12-15)23-21(25)20-11-10-19(26-20)14-6-8-16(22)9-7-14/h4-12H,3H2,1-2H3,(H,23,25). The molecule has 3 nitrogen and oxygen atoms in total. The third kappa shape index (κ3) is 4.03. The number of carbonyl (C=O) groups excluding carboxylic acids is 2. The second kappa shape index (κ2) is 7.85. The Hall–Kier alpha value is -2.43. The number of rotatable bonds is 5. The lowest BCUT2D eigenvalue weighted by Crippen LogP contribution is -2.12. The Morgan fingerprint density at radius 1 is 1.04 bits per heavy atom. The largest absolute Gasteiger partial charge is 0.321 e. The van der Waals surface area contributed by atoms with Gasteiger partial charge in [0.1, 0.15) is 0 Å². The summed E-state index contributed by atoms with van der Waals surface area (Å²) in [6.07, 6.45) is 0.436. The summed E-state index contributed by atoms with van der Waals surface area (Å²) in [7, 11) is 0. The number of hydrogen-bond donors (Lipinski definition) is 1. The molecule has 0 atom stereocenters. The van der Waals surface area contributed by atoms with Crippen molar-refractivity contribution in [1.82, 2.24) is 0 Å². The minimum atomic E-state index is -0.181. The van der Waals surface area contributed by atoms with Crippen molar-refractivity contribution in [3.05, 3.63) is 75.6 Å². The molecule has 1 amide bonds. The average Bonchev–Trinajstić information content (AvgIpc) is 3.13. The molecule has 0 saturated carbocycles. The molecule has 0 aliphatic rings. The maximum absolute atomic E-state index is 12.6. The van der Waals surface area contributed by atoms with E-state index >= 15 is 0 Å². The second-order valence-electron chi connectivity index (χ2n) is 5.93. The van der Waals surface area contributed by atoms with Crippen LogP contribution in [-0.2, 0) is 0 Å². The van der Waals surface area contributed by atoms with Crippen LogP contribution in [0.25, 0.3) is 10.4 Å². The predicted molar refractivity (Wildman–Crippen MR) is 109 cm³/mol. The Morgan fingerprint density at radius 2 is 1.77 bits per heavy atom. The van der Waals surface area contributed by atoms with Gasteiger partial charge >= 0.3 is 0 Å². The number of hydrogen-bond acceptors (Lipinski definition) is 3. The van der Waals surface area contributed by atoms with Gasteiger partial charge in [-0.05, 0) is 48.4 Å². The third-order valence-electron chi connectivity index (χ3n) is 4.09. The smallest absolute Gasteiger partial charge is 0.265 e. The van der Waals surface area contributed by atoms with Gasteiger partial charge in [0.25, 0.3) is 5.91 Å². The number of ketones is 1. The van der Waals surface area contributed by atoms with Crippen LogP contribution < -0.4 is 5.32 Å². The first-order valence-electron chi connectivity index (χ1n) is 8.29. The van der Waals surface area contributed by atoms with Gasteiger partial charge in [-0.2, -0.15) is 0 Å². The van der Waals surface area contributed by atoms with Crippen LogP contribution in [-0.4, -0.2) is 11.7 Å². The van der Waals surface area contributed by atoms with Crippen molar-refractivity contribution >= 4 is 40.3 Å². The Balaban J connectivity index is 1.81. The molecule has 0 aliphatic heterocycles. The molecule has 0 aliphatic carbocycles. The minimum absolute atomic E-state index is 0.0571. The Kier molecular flexibility index (Phi) is 5.55. The summed E-state index contributed by atoms with van der Waals surface area (Å²) < 4.78 is 0. The van der Waals surface area contributed by atoms with Crippen LogP contribution in [0.15, 0.2) is 54.6 Å². The van der Waals surface area contributed by atoms with Crippen molar-refractivity contribution in [3.8, 4) is 10.4 Å². The Labute approximate surface area is 161 Å². The molecular weight excluding hydrogens is 366 g/mol. The summed E-state index contributed by atoms with van der Waals surface area (Å²) >= 11 is 7.34. The fourth-order valence-electron chi connectivity index (χ4n) is 2.55. The zero-order valence-corrected chi connectivity index (χ0v) is 16.1. The molecule has 0 fully saturated rings. The normalized spacial score (nSPS) is 10.6. The summed E-state index contributed by atoms with van der Waals surface area (Å²) in [5.74, 6) is -0.124. The van der Waals surface area contributed by atoms with E-state index in [4.69, 9.17) is 11.6 Å². The van der Waals surface area contributed by atoms with Crippen LogP contribution in [0.4, 0.5) is 5.69 Å². The highest BCUT2D eigenvalue weighted by molar-refractivity contribution is 7.17. The molecule has 132 valence electrons. The van der Waals surface area contributed by atoms with Crippen molar-refractivity contribution in [3.63, 3.8) is 0 Å². The SMILES string of the molecule is CCC(=O)c1ccc(C)c(NC(=O)c2ccc(-c3ccc(Cl)cc3)s2)c1. The topological polar surface area (TPSA) is 46.2 Å². The summed E-state index contributed by atoms with van der Waals surface area (Å²) in [6, 6.07) is 16.6. The first-order chi connectivity index (χ1) is 12.5. The van der Waals surface area contributed by atoms with E-state index in [-0.39, 0.29) is 11.7 Å². The lowest BCUT2D eigenvalue weighted by Gasteiger charge is -2.09. The number of anilines is 1. The lowest BCUT2D eigenvalue weighted by atomic mass is 10.1. The maximum Gasteiger partial charge on any atom is 0.265 e. The summed E-state index contributed by atoms with van der Waals surface area (Å²) in [5.41, 5.74) is 3.21. The summed E-state index contributed by atoms with van der Waals surface area (Å²) in [6.45, 7) is 3.73. The van der Waals surface area contributed by atoms with E-state index in [1.807, 2.05) is 50.2 Å². The Bertz CT molecular complexity index is 960. The molecule has 0 radical (unpaired) electrons. The molecule has 1 heterocycles. The van der Waals surface area contributed by atoms with Gasteiger partial charge in [-0.1, -0.05) is 42.8 Å². The highest BCUT2D eigenvalue weighted by Gasteiger charge is 2.13. The molecule has 26 heavy (non-hydrogen) atoms. The first-order valence-corrected chi connectivity index (χ1v) is 9.48. The predicted octanol–water partition coefficient (Wildman–Crippen LogP) is 6.22. The van der Waals surface area contributed by atoms with Gasteiger partial charge in [0.2, 0.25) is 0 Å². The third-order valence-corrected chi connectivity index (χ3v) is 5.47. The van der Waals surface area contributed by atoms with Crippen LogP contribution in [0, 0.1) is 6.92 Å². The van der Waals surface area contributed by atoms with E-state index < -0.39 is 0 Å². The molecule has 2 aromatic carbocycles. The zero-order valence-electron chi connectivity index (χ0n) is 14.5. The molecule has 0 saturated heterocycles. The van der Waals surface area contributed by atoms with E-state index in [0.717, 1.165) is 16.0 Å². The van der Waals surface area contributed by atoms with Gasteiger partial charge in [-0.25, -0.2) is 0 Å². The van der Waals surface area contributed by atoms with E-state index in [0.29, 0.717) is 27.6 Å². The Morgan fingerprint density at radius 3 is 2.46 bits per heavy atom. The van der Waals surface area contributed by atoms with Gasteiger partial charge < -0.3 is 5.32 Å². The van der Waals surface area contributed by atoms with Crippen molar-refractivity contribution in [2.45, 2.75) is 20.3 Å². The summed E-state index contributed by atoms with van der Waals surface area (Å²) in [4.78, 5) is 26.1. The van der Waals surface area contributed by atoms with Crippen LogP contribution in [0.1, 0.15) is 38.9 Å². The van der Waals surface area contributed by atoms with Gasteiger partial charge in [0, 0.05) is 27.6 Å². The van der Waals surface area contributed by atoms with E-state index in [2.05, 4.69) is 5.32 Å². The quantitative estimate of drug-likeness (QED) is 0.531. The molecule has 1 aromatic heterocycles. The first kappa shape index (κ1) is 18.4. The number of nitrogens with one attached hydrogen (secondary N) is 1. The van der Waals surface area contributed by atoms with E-state index in [1.165, 1.54) is 11.3 Å². The maximum atomic E-state index is 12.6. The van der Waals surface area contributed by atoms with Gasteiger partial charge in [0.15, 0.2) is 5.78 Å². The molecule has 0 spiro atoms. The number of amides is 1. The average molecular weight is 384 g/mol. The number of benzene rings is 2. The van der Waals surface area contributed by atoms with Gasteiger partial charge in [0.05, 0.1) is 4.88 Å². The van der Waals surface area contributed by atoms with Crippen molar-refractivity contribution in [2.24, 2.45) is 0 Å². The van der Waals surface area contributed by atoms with Crippen molar-refractivity contribution < 1.29 is 9.59 Å². The van der Waals surface area contributed by atoms with Crippen molar-refractivity contribution in [2.75, 3.05) is 5.32 Å². The molecule has 0 bridgehead atoms. The minimum Gasteiger partial charge on any atom is -0.321 e. The molecule has 3 rings (SSSR count). The van der Waals surface area contributed by atoms with Gasteiger partial charge in [-0.3, -0.25) is 9.59 Å². The number of halogens is 1. The molecule has 0 unspecified atom stereocenters. The van der Waals surface area contributed by atoms with Gasteiger partial charge in [-0.15, -0.1) is 11.3 Å². The van der Waals surface area contributed by atoms with E-state index in [1.54, 1.807) is 18.2 Å². The van der Waals surface area contributed by atoms with Crippen LogP contribution >= 0.6 is 22.9 Å². The summed E-state index contributed by atoms with van der Waals surface area (Å²) in [5, 5.41) is 3.60.